The number of aromatic nitrogens is 2. The molecule has 1 rings (SSSR count). The molecule has 0 unspecified atom stereocenters. The second kappa shape index (κ2) is 5.61. The Morgan fingerprint density at radius 2 is 2.06 bits per heavy atom. The summed E-state index contributed by atoms with van der Waals surface area (Å²) in [6, 6.07) is 0. The van der Waals surface area contributed by atoms with Gasteiger partial charge in [-0.25, -0.2) is 14.8 Å². The Hall–Kier alpha value is -1.65. The maximum atomic E-state index is 11.1. The monoisotopic (exact) mass is 237 g/mol. The van der Waals surface area contributed by atoms with Crippen molar-refractivity contribution < 1.29 is 9.53 Å². The number of methoxy groups -OCH3 is 1. The zero-order valence-corrected chi connectivity index (χ0v) is 10.8. The topological polar surface area (TPSA) is 64.1 Å². The summed E-state index contributed by atoms with van der Waals surface area (Å²) in [6.07, 6.45) is 3.98. The van der Waals surface area contributed by atoms with Gasteiger partial charge in [-0.15, -0.1) is 0 Å². The molecule has 0 aliphatic heterocycles. The summed E-state index contributed by atoms with van der Waals surface area (Å²) < 4.78 is 4.54. The van der Waals surface area contributed by atoms with E-state index in [-0.39, 0.29) is 11.1 Å². The summed E-state index contributed by atoms with van der Waals surface area (Å²) in [4.78, 5) is 19.2. The van der Waals surface area contributed by atoms with Gasteiger partial charge >= 0.3 is 5.97 Å². The van der Waals surface area contributed by atoms with E-state index in [1.165, 1.54) is 19.5 Å². The summed E-state index contributed by atoms with van der Waals surface area (Å²) in [7, 11) is 1.32. The van der Waals surface area contributed by atoms with Gasteiger partial charge in [0.2, 0.25) is 0 Å². The molecule has 1 aromatic rings. The Morgan fingerprint density at radius 3 is 2.53 bits per heavy atom. The highest BCUT2D eigenvalue weighted by Gasteiger charge is 2.10. The molecule has 1 aromatic heterocycles. The molecule has 5 heteroatoms. The molecule has 0 spiro atoms. The number of nitrogens with zero attached hydrogens (tertiary/aromatic N) is 2. The lowest BCUT2D eigenvalue weighted by Gasteiger charge is -2.18. The Bertz CT molecular complexity index is 368. The van der Waals surface area contributed by atoms with Gasteiger partial charge in [-0.2, -0.15) is 0 Å². The van der Waals surface area contributed by atoms with Crippen molar-refractivity contribution in [2.45, 2.75) is 27.2 Å². The normalized spacial score (nSPS) is 11.1. The number of rotatable bonds is 4. The van der Waals surface area contributed by atoms with E-state index in [2.05, 4.69) is 40.8 Å². The van der Waals surface area contributed by atoms with Crippen LogP contribution in [0.5, 0.6) is 0 Å². The minimum atomic E-state index is -0.473. The zero-order chi connectivity index (χ0) is 12.9. The van der Waals surface area contributed by atoms with Crippen LogP contribution in [0.4, 0.5) is 5.82 Å². The van der Waals surface area contributed by atoms with Crippen LogP contribution in [0.25, 0.3) is 0 Å². The van der Waals surface area contributed by atoms with Gasteiger partial charge in [-0.3, -0.25) is 0 Å². The molecular formula is C12H19N3O2. The van der Waals surface area contributed by atoms with Crippen LogP contribution in [0.2, 0.25) is 0 Å². The van der Waals surface area contributed by atoms with Crippen molar-refractivity contribution in [2.24, 2.45) is 5.41 Å². The fourth-order valence-corrected chi connectivity index (χ4v) is 1.19. The van der Waals surface area contributed by atoms with E-state index in [9.17, 15) is 4.79 Å². The highest BCUT2D eigenvalue weighted by molar-refractivity contribution is 5.86. The first-order chi connectivity index (χ1) is 7.92. The highest BCUT2D eigenvalue weighted by atomic mass is 16.5. The molecule has 5 nitrogen and oxygen atoms in total. The van der Waals surface area contributed by atoms with Crippen LogP contribution >= 0.6 is 0 Å². The van der Waals surface area contributed by atoms with Crippen LogP contribution < -0.4 is 5.32 Å². The van der Waals surface area contributed by atoms with Crippen molar-refractivity contribution in [1.82, 2.24) is 9.97 Å². The minimum Gasteiger partial charge on any atom is -0.464 e. The van der Waals surface area contributed by atoms with Gasteiger partial charge in [0.15, 0.2) is 5.69 Å². The van der Waals surface area contributed by atoms with Gasteiger partial charge < -0.3 is 10.1 Å². The number of carbonyl (C=O) groups is 1. The first-order valence-electron chi connectivity index (χ1n) is 5.56. The van der Waals surface area contributed by atoms with Crippen molar-refractivity contribution in [1.29, 1.82) is 0 Å². The van der Waals surface area contributed by atoms with Crippen LogP contribution in [-0.2, 0) is 4.74 Å². The molecule has 0 saturated carbocycles. The lowest BCUT2D eigenvalue weighted by Crippen LogP contribution is -2.14. The van der Waals surface area contributed by atoms with E-state index < -0.39 is 5.97 Å². The highest BCUT2D eigenvalue weighted by Crippen LogP contribution is 2.17. The molecule has 1 N–H and O–H groups in total. The van der Waals surface area contributed by atoms with E-state index in [0.29, 0.717) is 5.82 Å². The second-order valence-electron chi connectivity index (χ2n) is 5.02. The molecule has 1 heterocycles. The first-order valence-corrected chi connectivity index (χ1v) is 5.56. The predicted octanol–water partition coefficient (Wildman–Crippen LogP) is 2.11. The molecule has 0 saturated heterocycles. The lowest BCUT2D eigenvalue weighted by molar-refractivity contribution is 0.0593. The maximum Gasteiger partial charge on any atom is 0.358 e. The third-order valence-electron chi connectivity index (χ3n) is 2.23. The molecule has 0 fully saturated rings. The molecule has 0 aromatic carbocycles. The smallest absolute Gasteiger partial charge is 0.358 e. The van der Waals surface area contributed by atoms with Crippen molar-refractivity contribution in [3.8, 4) is 0 Å². The van der Waals surface area contributed by atoms with Gasteiger partial charge in [0.1, 0.15) is 5.82 Å². The van der Waals surface area contributed by atoms with Crippen molar-refractivity contribution in [3.63, 3.8) is 0 Å². The van der Waals surface area contributed by atoms with Crippen LogP contribution in [0.3, 0.4) is 0 Å². The van der Waals surface area contributed by atoms with Crippen LogP contribution in [0, 0.1) is 5.41 Å². The lowest BCUT2D eigenvalue weighted by atomic mass is 9.92. The van der Waals surface area contributed by atoms with Gasteiger partial charge in [0.25, 0.3) is 0 Å². The van der Waals surface area contributed by atoms with E-state index in [0.717, 1.165) is 13.0 Å². The molecule has 0 radical (unpaired) electrons. The number of hydrogen-bond acceptors (Lipinski definition) is 5. The molecular weight excluding hydrogens is 218 g/mol. The van der Waals surface area contributed by atoms with E-state index in [4.69, 9.17) is 0 Å². The zero-order valence-electron chi connectivity index (χ0n) is 10.8. The summed E-state index contributed by atoms with van der Waals surface area (Å²) in [5.74, 6) is 0.195. The van der Waals surface area contributed by atoms with Crippen molar-refractivity contribution in [3.05, 3.63) is 18.1 Å². The standard InChI is InChI=1S/C12H19N3O2/c1-12(2,3)5-6-13-10-8-14-9(7-15-10)11(16)17-4/h7-8H,5-6H2,1-4H3,(H,13,15). The molecule has 0 aliphatic carbocycles. The van der Waals surface area contributed by atoms with Crippen molar-refractivity contribution >= 4 is 11.8 Å². The summed E-state index contributed by atoms with van der Waals surface area (Å²) in [5, 5.41) is 3.16. The fourth-order valence-electron chi connectivity index (χ4n) is 1.19. The van der Waals surface area contributed by atoms with E-state index in [1.54, 1.807) is 0 Å². The first kappa shape index (κ1) is 13.4. The average Bonchev–Trinajstić information content (AvgIpc) is 2.27. The van der Waals surface area contributed by atoms with Crippen LogP contribution in [-0.4, -0.2) is 29.6 Å². The minimum absolute atomic E-state index is 0.217. The fraction of sp³-hybridized carbons (Fsp3) is 0.583. The molecule has 94 valence electrons. The van der Waals surface area contributed by atoms with E-state index in [1.807, 2.05) is 0 Å². The Morgan fingerprint density at radius 1 is 1.35 bits per heavy atom. The number of anilines is 1. The molecule has 0 aliphatic rings. The molecule has 17 heavy (non-hydrogen) atoms. The van der Waals surface area contributed by atoms with Gasteiger partial charge in [-0.05, 0) is 11.8 Å². The third kappa shape index (κ3) is 4.80. The van der Waals surface area contributed by atoms with Gasteiger partial charge in [0, 0.05) is 6.54 Å². The maximum absolute atomic E-state index is 11.1. The predicted molar refractivity (Wildman–Crippen MR) is 65.9 cm³/mol. The third-order valence-corrected chi connectivity index (χ3v) is 2.23. The van der Waals surface area contributed by atoms with Gasteiger partial charge in [0.05, 0.1) is 19.5 Å². The number of hydrogen-bond donors (Lipinski definition) is 1. The molecule has 0 bridgehead atoms. The quantitative estimate of drug-likeness (QED) is 0.812. The average molecular weight is 237 g/mol. The summed E-state index contributed by atoms with van der Waals surface area (Å²) in [5.41, 5.74) is 0.501. The molecule has 0 amide bonds. The Balaban J connectivity index is 2.49. The summed E-state index contributed by atoms with van der Waals surface area (Å²) >= 11 is 0. The number of esters is 1. The van der Waals surface area contributed by atoms with Gasteiger partial charge in [-0.1, -0.05) is 20.8 Å². The Labute approximate surface area is 102 Å². The van der Waals surface area contributed by atoms with Crippen molar-refractivity contribution in [2.75, 3.05) is 19.0 Å². The van der Waals surface area contributed by atoms with E-state index >= 15 is 0 Å². The Kier molecular flexibility index (Phi) is 4.43. The van der Waals surface area contributed by atoms with Crippen LogP contribution in [0.15, 0.2) is 12.4 Å². The SMILES string of the molecule is COC(=O)c1cnc(NCCC(C)(C)C)cn1. The second-order valence-corrected chi connectivity index (χ2v) is 5.02. The number of carbonyl (C=O) groups excluding carboxylic acids is 1. The number of nitrogens with one attached hydrogen (secondary N) is 1. The largest absolute Gasteiger partial charge is 0.464 e. The molecule has 0 atom stereocenters. The number of ether oxygens (including phenoxy) is 1. The summed E-state index contributed by atoms with van der Waals surface area (Å²) in [6.45, 7) is 7.37. The van der Waals surface area contributed by atoms with Crippen LogP contribution in [0.1, 0.15) is 37.7 Å².